The number of halogens is 1. The van der Waals surface area contributed by atoms with Crippen LogP contribution in [-0.4, -0.2) is 28.5 Å². The van der Waals surface area contributed by atoms with Crippen LogP contribution in [0.3, 0.4) is 0 Å². The number of ether oxygens (including phenoxy) is 2. The second kappa shape index (κ2) is 8.81. The van der Waals surface area contributed by atoms with Crippen molar-refractivity contribution in [2.45, 2.75) is 6.61 Å². The minimum Gasteiger partial charge on any atom is -0.493 e. The van der Waals surface area contributed by atoms with Crippen molar-refractivity contribution in [1.29, 1.82) is 0 Å². The Bertz CT molecular complexity index is 1010. The summed E-state index contributed by atoms with van der Waals surface area (Å²) in [5.41, 5.74) is 3.94. The van der Waals surface area contributed by atoms with E-state index in [1.807, 2.05) is 30.3 Å². The second-order valence-electron chi connectivity index (χ2n) is 5.38. The van der Waals surface area contributed by atoms with Gasteiger partial charge >= 0.3 is 0 Å². The minimum absolute atomic E-state index is 0.146. The second-order valence-corrected chi connectivity index (χ2v) is 5.82. The maximum Gasteiger partial charge on any atom is 0.271 e. The number of aromatic amines is 1. The van der Waals surface area contributed by atoms with Crippen LogP contribution in [0.5, 0.6) is 11.5 Å². The van der Waals surface area contributed by atoms with Gasteiger partial charge in [-0.05, 0) is 41.5 Å². The lowest BCUT2D eigenvalue weighted by Gasteiger charge is -2.11. The van der Waals surface area contributed by atoms with E-state index in [9.17, 15) is 4.79 Å². The van der Waals surface area contributed by atoms with Crippen molar-refractivity contribution in [3.63, 3.8) is 0 Å². The maximum absolute atomic E-state index is 11.1. The molecule has 9 heteroatoms. The van der Waals surface area contributed by atoms with Crippen LogP contribution in [0.4, 0.5) is 5.95 Å². The van der Waals surface area contributed by atoms with E-state index >= 15 is 0 Å². The average molecular weight is 386 g/mol. The summed E-state index contributed by atoms with van der Waals surface area (Å²) in [6.45, 7) is 0.367. The lowest BCUT2D eigenvalue weighted by molar-refractivity contribution is 0.284. The predicted molar refractivity (Wildman–Crippen MR) is 103 cm³/mol. The molecule has 3 rings (SSSR count). The van der Waals surface area contributed by atoms with Gasteiger partial charge < -0.3 is 9.47 Å². The summed E-state index contributed by atoms with van der Waals surface area (Å²) in [5.74, 6) is 1.31. The highest BCUT2D eigenvalue weighted by Gasteiger charge is 2.06. The normalized spacial score (nSPS) is 10.7. The first-order valence-electron chi connectivity index (χ1n) is 7.90. The zero-order chi connectivity index (χ0) is 19.1. The van der Waals surface area contributed by atoms with Gasteiger partial charge in [0.15, 0.2) is 11.5 Å². The summed E-state index contributed by atoms with van der Waals surface area (Å²) in [7, 11) is 1.56. The molecule has 0 aliphatic carbocycles. The Morgan fingerprint density at radius 2 is 2.15 bits per heavy atom. The number of hydrogen-bond donors (Lipinski definition) is 2. The third kappa shape index (κ3) is 5.29. The standard InChI is InChI=1S/C18H16ClN5O3/c1-26-16-8-12(9-20-23-18-22-17(25)10-21-24-18)5-6-15(16)27-11-13-3-2-4-14(19)7-13/h2-10H,11H2,1H3,(H2,22,23,24,25)/b20-9+. The van der Waals surface area contributed by atoms with Gasteiger partial charge in [-0.25, -0.2) is 5.43 Å². The number of hydrazone groups is 1. The van der Waals surface area contributed by atoms with Gasteiger partial charge in [0.1, 0.15) is 12.8 Å². The molecular weight excluding hydrogens is 370 g/mol. The quantitative estimate of drug-likeness (QED) is 0.479. The Morgan fingerprint density at radius 1 is 1.26 bits per heavy atom. The third-order valence-electron chi connectivity index (χ3n) is 3.43. The first-order chi connectivity index (χ1) is 13.1. The molecule has 0 bridgehead atoms. The summed E-state index contributed by atoms with van der Waals surface area (Å²) >= 11 is 5.98. The van der Waals surface area contributed by atoms with E-state index in [4.69, 9.17) is 21.1 Å². The number of anilines is 1. The molecule has 0 amide bonds. The van der Waals surface area contributed by atoms with E-state index in [2.05, 4.69) is 25.7 Å². The van der Waals surface area contributed by atoms with Crippen molar-refractivity contribution in [2.75, 3.05) is 12.5 Å². The van der Waals surface area contributed by atoms with Crippen molar-refractivity contribution in [3.05, 3.63) is 75.2 Å². The van der Waals surface area contributed by atoms with E-state index < -0.39 is 0 Å². The Hall–Kier alpha value is -3.39. The highest BCUT2D eigenvalue weighted by molar-refractivity contribution is 6.30. The largest absolute Gasteiger partial charge is 0.493 e. The van der Waals surface area contributed by atoms with Gasteiger partial charge in [-0.1, -0.05) is 23.7 Å². The molecule has 0 saturated carbocycles. The van der Waals surface area contributed by atoms with Gasteiger partial charge in [-0.15, -0.1) is 10.2 Å². The number of nitrogens with zero attached hydrogens (tertiary/aromatic N) is 3. The Kier molecular flexibility index (Phi) is 6.01. The number of methoxy groups -OCH3 is 1. The SMILES string of the molecule is COc1cc(/C=N/Nc2nncc(=O)[nH]2)ccc1OCc1cccc(Cl)c1. The Balaban J connectivity index is 1.66. The number of rotatable bonds is 7. The smallest absolute Gasteiger partial charge is 0.271 e. The van der Waals surface area contributed by atoms with E-state index in [1.54, 1.807) is 25.5 Å². The van der Waals surface area contributed by atoms with Crippen molar-refractivity contribution in [2.24, 2.45) is 5.10 Å². The topological polar surface area (TPSA) is 101 Å². The molecule has 1 heterocycles. The molecule has 0 radical (unpaired) electrons. The monoisotopic (exact) mass is 385 g/mol. The van der Waals surface area contributed by atoms with E-state index in [1.165, 1.54) is 0 Å². The van der Waals surface area contributed by atoms with Crippen LogP contribution in [0.25, 0.3) is 0 Å². The number of benzene rings is 2. The number of H-pyrrole nitrogens is 1. The van der Waals surface area contributed by atoms with E-state index in [0.29, 0.717) is 23.1 Å². The molecule has 0 fully saturated rings. The van der Waals surface area contributed by atoms with E-state index in [-0.39, 0.29) is 11.5 Å². The van der Waals surface area contributed by atoms with Crippen LogP contribution in [-0.2, 0) is 6.61 Å². The predicted octanol–water partition coefficient (Wildman–Crippen LogP) is 2.85. The fourth-order valence-electron chi connectivity index (χ4n) is 2.20. The molecule has 2 aromatic carbocycles. The lowest BCUT2D eigenvalue weighted by atomic mass is 10.2. The van der Waals surface area contributed by atoms with Crippen LogP contribution in [0.15, 0.2) is 58.6 Å². The number of aromatic nitrogens is 3. The first kappa shape index (κ1) is 18.4. The average Bonchev–Trinajstić information content (AvgIpc) is 2.67. The first-order valence-corrected chi connectivity index (χ1v) is 8.28. The van der Waals surface area contributed by atoms with Crippen molar-refractivity contribution >= 4 is 23.8 Å². The summed E-state index contributed by atoms with van der Waals surface area (Å²) in [5, 5.41) is 11.9. The summed E-state index contributed by atoms with van der Waals surface area (Å²) in [6.07, 6.45) is 2.62. The molecule has 0 saturated heterocycles. The van der Waals surface area contributed by atoms with Crippen LogP contribution < -0.4 is 20.5 Å². The molecule has 0 unspecified atom stereocenters. The van der Waals surface area contributed by atoms with Crippen LogP contribution in [0.2, 0.25) is 5.02 Å². The van der Waals surface area contributed by atoms with Gasteiger partial charge in [0.05, 0.1) is 13.3 Å². The number of hydrogen-bond acceptors (Lipinski definition) is 7. The molecule has 8 nitrogen and oxygen atoms in total. The van der Waals surface area contributed by atoms with Gasteiger partial charge in [-0.2, -0.15) is 5.10 Å². The summed E-state index contributed by atoms with van der Waals surface area (Å²) in [6, 6.07) is 12.8. The zero-order valence-corrected chi connectivity index (χ0v) is 15.1. The molecule has 2 N–H and O–H groups in total. The Morgan fingerprint density at radius 3 is 2.93 bits per heavy atom. The summed E-state index contributed by atoms with van der Waals surface area (Å²) < 4.78 is 11.2. The van der Waals surface area contributed by atoms with Crippen LogP contribution >= 0.6 is 11.6 Å². The van der Waals surface area contributed by atoms with Gasteiger partial charge in [0, 0.05) is 5.02 Å². The maximum atomic E-state index is 11.1. The highest BCUT2D eigenvalue weighted by Crippen LogP contribution is 2.28. The Labute approximate surface area is 159 Å². The minimum atomic E-state index is -0.370. The molecule has 0 aliphatic heterocycles. The molecule has 138 valence electrons. The molecule has 0 aliphatic rings. The van der Waals surface area contributed by atoms with Gasteiger partial charge in [0.25, 0.3) is 5.56 Å². The van der Waals surface area contributed by atoms with Crippen LogP contribution in [0, 0.1) is 0 Å². The third-order valence-corrected chi connectivity index (χ3v) is 3.66. The molecule has 3 aromatic rings. The summed E-state index contributed by atoms with van der Waals surface area (Å²) in [4.78, 5) is 13.6. The van der Waals surface area contributed by atoms with Crippen molar-refractivity contribution in [3.8, 4) is 11.5 Å². The molecule has 27 heavy (non-hydrogen) atoms. The van der Waals surface area contributed by atoms with E-state index in [0.717, 1.165) is 17.3 Å². The molecule has 0 atom stereocenters. The fraction of sp³-hybridized carbons (Fsp3) is 0.111. The van der Waals surface area contributed by atoms with Gasteiger partial charge in [0.2, 0.25) is 5.95 Å². The fourth-order valence-corrected chi connectivity index (χ4v) is 2.42. The molecule has 1 aromatic heterocycles. The molecular formula is C18H16ClN5O3. The molecule has 0 spiro atoms. The van der Waals surface area contributed by atoms with Gasteiger partial charge in [-0.3, -0.25) is 9.78 Å². The van der Waals surface area contributed by atoms with Crippen molar-refractivity contribution in [1.82, 2.24) is 15.2 Å². The van der Waals surface area contributed by atoms with Crippen LogP contribution in [0.1, 0.15) is 11.1 Å². The highest BCUT2D eigenvalue weighted by atomic mass is 35.5. The lowest BCUT2D eigenvalue weighted by Crippen LogP contribution is -2.10. The number of nitrogens with one attached hydrogen (secondary N) is 2. The zero-order valence-electron chi connectivity index (χ0n) is 14.3. The van der Waals surface area contributed by atoms with Crippen molar-refractivity contribution < 1.29 is 9.47 Å².